The fraction of sp³-hybridized carbons (Fsp3) is 0.588. The van der Waals surface area contributed by atoms with Crippen LogP contribution in [-0.2, 0) is 11.3 Å². The maximum absolute atomic E-state index is 9.44. The lowest BCUT2D eigenvalue weighted by molar-refractivity contribution is 0.0855. The van der Waals surface area contributed by atoms with Crippen molar-refractivity contribution in [3.8, 4) is 6.07 Å². The second-order valence-corrected chi connectivity index (χ2v) is 5.59. The van der Waals surface area contributed by atoms with Gasteiger partial charge in [-0.2, -0.15) is 5.26 Å². The Kier molecular flexibility index (Phi) is 6.04. The van der Waals surface area contributed by atoms with Gasteiger partial charge in [-0.15, -0.1) is 0 Å². The number of nitrogens with one attached hydrogen (secondary N) is 1. The molecule has 0 aliphatic carbocycles. The van der Waals surface area contributed by atoms with Crippen LogP contribution in [0.2, 0.25) is 0 Å². The summed E-state index contributed by atoms with van der Waals surface area (Å²) in [7, 11) is 2.08. The predicted octanol–water partition coefficient (Wildman–Crippen LogP) is 2.67. The van der Waals surface area contributed by atoms with Crippen molar-refractivity contribution in [3.63, 3.8) is 0 Å². The first-order valence-electron chi connectivity index (χ1n) is 7.80. The third kappa shape index (κ3) is 4.20. The summed E-state index contributed by atoms with van der Waals surface area (Å²) in [6, 6.07) is 9.02. The SMILES string of the molecule is CCCNCc1ccc(N(C)C2CCOCC2)c(C#N)c1. The fourth-order valence-electron chi connectivity index (χ4n) is 2.77. The third-order valence-corrected chi connectivity index (χ3v) is 4.06. The minimum absolute atomic E-state index is 0.468. The lowest BCUT2D eigenvalue weighted by Crippen LogP contribution is -2.37. The maximum atomic E-state index is 9.44. The highest BCUT2D eigenvalue weighted by Gasteiger charge is 2.20. The molecule has 0 spiro atoms. The molecule has 4 heteroatoms. The van der Waals surface area contributed by atoms with Crippen molar-refractivity contribution >= 4 is 5.69 Å². The Balaban J connectivity index is 2.10. The molecule has 1 aromatic carbocycles. The normalized spacial score (nSPS) is 15.7. The fourth-order valence-corrected chi connectivity index (χ4v) is 2.77. The number of nitriles is 1. The number of rotatable bonds is 6. The van der Waals surface area contributed by atoms with Crippen molar-refractivity contribution in [3.05, 3.63) is 29.3 Å². The van der Waals surface area contributed by atoms with Crippen LogP contribution < -0.4 is 10.2 Å². The molecule has 114 valence electrons. The molecule has 1 saturated heterocycles. The zero-order chi connectivity index (χ0) is 15.1. The lowest BCUT2D eigenvalue weighted by Gasteiger charge is -2.33. The predicted molar refractivity (Wildman–Crippen MR) is 85.4 cm³/mol. The van der Waals surface area contributed by atoms with Crippen LogP contribution in [0, 0.1) is 11.3 Å². The molecule has 0 saturated carbocycles. The van der Waals surface area contributed by atoms with Crippen LogP contribution in [0.15, 0.2) is 18.2 Å². The van der Waals surface area contributed by atoms with Crippen LogP contribution in [0.5, 0.6) is 0 Å². The zero-order valence-electron chi connectivity index (χ0n) is 13.1. The van der Waals surface area contributed by atoms with E-state index in [4.69, 9.17) is 4.74 Å². The minimum Gasteiger partial charge on any atom is -0.381 e. The molecule has 1 aliphatic rings. The minimum atomic E-state index is 0.468. The van der Waals surface area contributed by atoms with Crippen molar-refractivity contribution < 1.29 is 4.74 Å². The van der Waals surface area contributed by atoms with E-state index in [1.807, 2.05) is 6.07 Å². The molecule has 1 aromatic rings. The quantitative estimate of drug-likeness (QED) is 0.817. The third-order valence-electron chi connectivity index (χ3n) is 4.06. The van der Waals surface area contributed by atoms with Crippen LogP contribution in [0.1, 0.15) is 37.3 Å². The molecule has 0 atom stereocenters. The molecule has 1 heterocycles. The van der Waals surface area contributed by atoms with Gasteiger partial charge in [0.2, 0.25) is 0 Å². The van der Waals surface area contributed by atoms with Crippen molar-refractivity contribution in [1.29, 1.82) is 5.26 Å². The molecule has 1 N–H and O–H groups in total. The second kappa shape index (κ2) is 8.02. The average Bonchev–Trinajstić information content (AvgIpc) is 2.55. The monoisotopic (exact) mass is 287 g/mol. The Morgan fingerprint density at radius 3 is 2.81 bits per heavy atom. The van der Waals surface area contributed by atoms with Gasteiger partial charge in [-0.25, -0.2) is 0 Å². The van der Waals surface area contributed by atoms with E-state index in [2.05, 4.69) is 42.4 Å². The van der Waals surface area contributed by atoms with Crippen molar-refractivity contribution in [1.82, 2.24) is 5.32 Å². The van der Waals surface area contributed by atoms with E-state index in [0.29, 0.717) is 6.04 Å². The molecular formula is C17H25N3O. The summed E-state index contributed by atoms with van der Waals surface area (Å²) in [4.78, 5) is 2.24. The number of anilines is 1. The van der Waals surface area contributed by atoms with Crippen molar-refractivity contribution in [2.24, 2.45) is 0 Å². The van der Waals surface area contributed by atoms with Gasteiger partial charge in [-0.05, 0) is 43.5 Å². The van der Waals surface area contributed by atoms with Gasteiger partial charge in [0.15, 0.2) is 0 Å². The summed E-state index contributed by atoms with van der Waals surface area (Å²) < 4.78 is 5.42. The standard InChI is InChI=1S/C17H25N3O/c1-3-8-19-13-14-4-5-17(15(11-14)12-18)20(2)16-6-9-21-10-7-16/h4-5,11,16,19H,3,6-10,13H2,1-2H3. The molecule has 1 fully saturated rings. The Morgan fingerprint density at radius 1 is 1.38 bits per heavy atom. The van der Waals surface area contributed by atoms with Gasteiger partial charge in [-0.3, -0.25) is 0 Å². The van der Waals surface area contributed by atoms with E-state index in [9.17, 15) is 5.26 Å². The molecule has 2 rings (SSSR count). The van der Waals surface area contributed by atoms with Crippen LogP contribution in [0.4, 0.5) is 5.69 Å². The first-order chi connectivity index (χ1) is 10.3. The van der Waals surface area contributed by atoms with Crippen molar-refractivity contribution in [2.75, 3.05) is 31.7 Å². The second-order valence-electron chi connectivity index (χ2n) is 5.59. The summed E-state index contributed by atoms with van der Waals surface area (Å²) in [5, 5.41) is 12.8. The van der Waals surface area contributed by atoms with Crippen LogP contribution in [-0.4, -0.2) is 32.8 Å². The van der Waals surface area contributed by atoms with Gasteiger partial charge in [0.05, 0.1) is 11.3 Å². The molecule has 1 aliphatic heterocycles. The molecule has 21 heavy (non-hydrogen) atoms. The van der Waals surface area contributed by atoms with Crippen LogP contribution in [0.25, 0.3) is 0 Å². The number of hydrogen-bond acceptors (Lipinski definition) is 4. The summed E-state index contributed by atoms with van der Waals surface area (Å²) >= 11 is 0. The molecule has 0 radical (unpaired) electrons. The van der Waals surface area contributed by atoms with E-state index in [-0.39, 0.29) is 0 Å². The highest BCUT2D eigenvalue weighted by atomic mass is 16.5. The van der Waals surface area contributed by atoms with Gasteiger partial charge >= 0.3 is 0 Å². The van der Waals surface area contributed by atoms with E-state index in [0.717, 1.165) is 56.8 Å². The molecule has 4 nitrogen and oxygen atoms in total. The van der Waals surface area contributed by atoms with Crippen molar-refractivity contribution in [2.45, 2.75) is 38.8 Å². The van der Waals surface area contributed by atoms with E-state index in [1.165, 1.54) is 5.56 Å². The van der Waals surface area contributed by atoms with Crippen LogP contribution >= 0.6 is 0 Å². The van der Waals surface area contributed by atoms with E-state index < -0.39 is 0 Å². The summed E-state index contributed by atoms with van der Waals surface area (Å²) in [6.07, 6.45) is 3.18. The summed E-state index contributed by atoms with van der Waals surface area (Å²) in [6.45, 7) is 5.61. The average molecular weight is 287 g/mol. The van der Waals surface area contributed by atoms with Gasteiger partial charge in [0.1, 0.15) is 6.07 Å². The number of ether oxygens (including phenoxy) is 1. The molecule has 0 amide bonds. The van der Waals surface area contributed by atoms with Gasteiger partial charge < -0.3 is 15.0 Å². The lowest BCUT2D eigenvalue weighted by atomic mass is 10.0. The number of nitrogens with zero attached hydrogens (tertiary/aromatic N) is 2. The van der Waals surface area contributed by atoms with Gasteiger partial charge in [-0.1, -0.05) is 13.0 Å². The largest absolute Gasteiger partial charge is 0.381 e. The summed E-state index contributed by atoms with van der Waals surface area (Å²) in [5.41, 5.74) is 2.97. The Hall–Kier alpha value is -1.57. The topological polar surface area (TPSA) is 48.3 Å². The van der Waals surface area contributed by atoms with Gasteiger partial charge in [0, 0.05) is 32.8 Å². The zero-order valence-corrected chi connectivity index (χ0v) is 13.1. The molecule has 0 aromatic heterocycles. The number of hydrogen-bond donors (Lipinski definition) is 1. The highest BCUT2D eigenvalue weighted by Crippen LogP contribution is 2.25. The number of benzene rings is 1. The Morgan fingerprint density at radius 2 is 2.14 bits per heavy atom. The highest BCUT2D eigenvalue weighted by molar-refractivity contribution is 5.60. The smallest absolute Gasteiger partial charge is 0.101 e. The Labute approximate surface area is 127 Å². The molecule has 0 bridgehead atoms. The maximum Gasteiger partial charge on any atom is 0.101 e. The molecular weight excluding hydrogens is 262 g/mol. The first-order valence-corrected chi connectivity index (χ1v) is 7.80. The summed E-state index contributed by atoms with van der Waals surface area (Å²) in [5.74, 6) is 0. The first kappa shape index (κ1) is 15.8. The Bertz CT molecular complexity index is 489. The van der Waals surface area contributed by atoms with E-state index in [1.54, 1.807) is 0 Å². The van der Waals surface area contributed by atoms with Crippen LogP contribution in [0.3, 0.4) is 0 Å². The molecule has 0 unspecified atom stereocenters. The van der Waals surface area contributed by atoms with E-state index >= 15 is 0 Å². The van der Waals surface area contributed by atoms with Gasteiger partial charge in [0.25, 0.3) is 0 Å².